The van der Waals surface area contributed by atoms with Crippen molar-refractivity contribution in [2.24, 2.45) is 0 Å². The van der Waals surface area contributed by atoms with Crippen LogP contribution < -0.4 is 14.8 Å². The van der Waals surface area contributed by atoms with Crippen LogP contribution in [-0.4, -0.2) is 20.5 Å². The summed E-state index contributed by atoms with van der Waals surface area (Å²) >= 11 is 0. The third-order valence-electron chi connectivity index (χ3n) is 4.03. The molecular weight excluding hydrogens is 346 g/mol. The molecule has 2 aromatic carbocycles. The van der Waals surface area contributed by atoms with Gasteiger partial charge in [0.25, 0.3) is 0 Å². The quantitative estimate of drug-likeness (QED) is 0.597. The Balaban J connectivity index is 1.79. The number of nitrogens with one attached hydrogen (secondary N) is 2. The second-order valence-electron chi connectivity index (χ2n) is 5.62. The molecule has 0 amide bonds. The van der Waals surface area contributed by atoms with E-state index in [4.69, 9.17) is 4.74 Å². The molecular formula is C16H17N3O5S. The lowest BCUT2D eigenvalue weighted by Crippen LogP contribution is -2.23. The second kappa shape index (κ2) is 6.79. The van der Waals surface area contributed by atoms with Crippen molar-refractivity contribution in [2.75, 3.05) is 7.11 Å². The van der Waals surface area contributed by atoms with Gasteiger partial charge in [0, 0.05) is 31.8 Å². The molecule has 0 fully saturated rings. The Morgan fingerprint density at radius 1 is 1.20 bits per heavy atom. The Bertz CT molecular complexity index is 927. The van der Waals surface area contributed by atoms with Gasteiger partial charge in [-0.05, 0) is 22.8 Å². The van der Waals surface area contributed by atoms with Crippen LogP contribution in [0.1, 0.15) is 16.7 Å². The summed E-state index contributed by atoms with van der Waals surface area (Å²) in [7, 11) is -2.56. The zero-order valence-electron chi connectivity index (χ0n) is 13.5. The number of sulfonamides is 1. The van der Waals surface area contributed by atoms with Crippen molar-refractivity contribution in [1.82, 2.24) is 10.0 Å². The van der Waals surface area contributed by atoms with Crippen molar-refractivity contribution in [3.63, 3.8) is 0 Å². The number of hydrogen-bond donors (Lipinski definition) is 2. The summed E-state index contributed by atoms with van der Waals surface area (Å²) in [5, 5.41) is 14.1. The average Bonchev–Trinajstić information content (AvgIpc) is 3.07. The fourth-order valence-corrected chi connectivity index (χ4v) is 3.73. The maximum atomic E-state index is 12.4. The zero-order valence-corrected chi connectivity index (χ0v) is 14.3. The number of fused-ring (bicyclic) bond motifs is 1. The molecule has 132 valence electrons. The lowest BCUT2D eigenvalue weighted by molar-refractivity contribution is -0.385. The molecule has 0 aromatic heterocycles. The molecule has 1 heterocycles. The van der Waals surface area contributed by atoms with E-state index >= 15 is 0 Å². The maximum Gasteiger partial charge on any atom is 0.310 e. The molecule has 9 heteroatoms. The van der Waals surface area contributed by atoms with E-state index in [-0.39, 0.29) is 22.9 Å². The number of nitrogens with zero attached hydrogens (tertiary/aromatic N) is 1. The van der Waals surface area contributed by atoms with E-state index in [1.807, 2.05) is 18.2 Å². The number of nitro benzene ring substituents is 1. The van der Waals surface area contributed by atoms with E-state index in [0.717, 1.165) is 36.3 Å². The van der Waals surface area contributed by atoms with Crippen molar-refractivity contribution >= 4 is 15.7 Å². The normalized spacial score (nSPS) is 13.5. The van der Waals surface area contributed by atoms with Crippen LogP contribution in [0.25, 0.3) is 0 Å². The lowest BCUT2D eigenvalue weighted by atomic mass is 10.1. The summed E-state index contributed by atoms with van der Waals surface area (Å²) in [6.07, 6.45) is 0. The summed E-state index contributed by atoms with van der Waals surface area (Å²) in [4.78, 5) is 10.2. The standard InChI is InChI=1S/C16H17N3O5S/c1-24-16-7-14(4-5-15(16)19(20)21)25(22,23)18-8-11-2-3-12-9-17-10-13(12)6-11/h2-7,17-18H,8-10H2,1H3. The third kappa shape index (κ3) is 3.63. The first-order chi connectivity index (χ1) is 11.9. The average molecular weight is 363 g/mol. The van der Waals surface area contributed by atoms with Crippen molar-refractivity contribution in [3.8, 4) is 5.75 Å². The summed E-state index contributed by atoms with van der Waals surface area (Å²) in [6, 6.07) is 9.28. The number of benzene rings is 2. The van der Waals surface area contributed by atoms with Gasteiger partial charge in [-0.2, -0.15) is 0 Å². The summed E-state index contributed by atoms with van der Waals surface area (Å²) in [6.45, 7) is 1.73. The first kappa shape index (κ1) is 17.3. The largest absolute Gasteiger partial charge is 0.490 e. The lowest BCUT2D eigenvalue weighted by Gasteiger charge is -2.09. The van der Waals surface area contributed by atoms with Gasteiger partial charge in [-0.1, -0.05) is 18.2 Å². The molecule has 0 spiro atoms. The van der Waals surface area contributed by atoms with Crippen molar-refractivity contribution in [1.29, 1.82) is 0 Å². The van der Waals surface area contributed by atoms with Crippen molar-refractivity contribution in [3.05, 3.63) is 63.2 Å². The first-order valence-corrected chi connectivity index (χ1v) is 9.02. The van der Waals surface area contributed by atoms with Crippen LogP contribution in [0.4, 0.5) is 5.69 Å². The topological polar surface area (TPSA) is 111 Å². The molecule has 2 aromatic rings. The van der Waals surface area contributed by atoms with Crippen LogP contribution in [0.5, 0.6) is 5.75 Å². The van der Waals surface area contributed by atoms with Gasteiger partial charge in [0.2, 0.25) is 10.0 Å². The van der Waals surface area contributed by atoms with E-state index in [1.54, 1.807) is 0 Å². The fourth-order valence-electron chi connectivity index (χ4n) is 2.70. The van der Waals surface area contributed by atoms with Crippen LogP contribution in [0, 0.1) is 10.1 Å². The van der Waals surface area contributed by atoms with Gasteiger partial charge in [0.15, 0.2) is 5.75 Å². The predicted octanol–water partition coefficient (Wildman–Crippen LogP) is 1.69. The highest BCUT2D eigenvalue weighted by Crippen LogP contribution is 2.29. The van der Waals surface area contributed by atoms with Crippen LogP contribution in [0.15, 0.2) is 41.3 Å². The Morgan fingerprint density at radius 3 is 2.68 bits per heavy atom. The molecule has 25 heavy (non-hydrogen) atoms. The monoisotopic (exact) mass is 363 g/mol. The zero-order chi connectivity index (χ0) is 18.0. The van der Waals surface area contributed by atoms with Crippen molar-refractivity contribution < 1.29 is 18.1 Å². The van der Waals surface area contributed by atoms with E-state index in [9.17, 15) is 18.5 Å². The van der Waals surface area contributed by atoms with Gasteiger partial charge >= 0.3 is 5.69 Å². The maximum absolute atomic E-state index is 12.4. The molecule has 3 rings (SSSR count). The molecule has 0 saturated carbocycles. The Morgan fingerprint density at radius 2 is 1.96 bits per heavy atom. The molecule has 0 bridgehead atoms. The minimum Gasteiger partial charge on any atom is -0.490 e. The summed E-state index contributed by atoms with van der Waals surface area (Å²) < 4.78 is 32.3. The number of nitro groups is 1. The van der Waals surface area contributed by atoms with Gasteiger partial charge in [-0.15, -0.1) is 0 Å². The van der Waals surface area contributed by atoms with Gasteiger partial charge in [0.1, 0.15) is 0 Å². The van der Waals surface area contributed by atoms with E-state index in [2.05, 4.69) is 10.0 Å². The molecule has 1 aliphatic heterocycles. The molecule has 2 N–H and O–H groups in total. The second-order valence-corrected chi connectivity index (χ2v) is 7.39. The first-order valence-electron chi connectivity index (χ1n) is 7.54. The summed E-state index contributed by atoms with van der Waals surface area (Å²) in [5.74, 6) is -0.100. The Kier molecular flexibility index (Phi) is 4.71. The number of rotatable bonds is 6. The number of hydrogen-bond acceptors (Lipinski definition) is 6. The highest BCUT2D eigenvalue weighted by molar-refractivity contribution is 7.89. The van der Waals surface area contributed by atoms with Crippen molar-refractivity contribution in [2.45, 2.75) is 24.5 Å². The molecule has 0 radical (unpaired) electrons. The fraction of sp³-hybridized carbons (Fsp3) is 0.250. The molecule has 1 aliphatic rings. The minimum atomic E-state index is -3.82. The Hall–Kier alpha value is -2.49. The number of ether oxygens (including phenoxy) is 1. The van der Waals surface area contributed by atoms with E-state index < -0.39 is 14.9 Å². The molecule has 0 unspecified atom stereocenters. The van der Waals surface area contributed by atoms with Crippen LogP contribution in [-0.2, 0) is 29.7 Å². The predicted molar refractivity (Wildman–Crippen MR) is 90.7 cm³/mol. The number of methoxy groups -OCH3 is 1. The third-order valence-corrected chi connectivity index (χ3v) is 5.42. The van der Waals surface area contributed by atoms with Gasteiger partial charge in [0.05, 0.1) is 16.9 Å². The highest BCUT2D eigenvalue weighted by atomic mass is 32.2. The molecule has 0 aliphatic carbocycles. The molecule has 0 atom stereocenters. The van der Waals surface area contributed by atoms with Gasteiger partial charge < -0.3 is 10.1 Å². The van der Waals surface area contributed by atoms with E-state index in [0.29, 0.717) is 0 Å². The van der Waals surface area contributed by atoms with Gasteiger partial charge in [-0.3, -0.25) is 10.1 Å². The van der Waals surface area contributed by atoms with Crippen LogP contribution in [0.3, 0.4) is 0 Å². The van der Waals surface area contributed by atoms with Crippen LogP contribution in [0.2, 0.25) is 0 Å². The van der Waals surface area contributed by atoms with E-state index in [1.165, 1.54) is 18.7 Å². The van der Waals surface area contributed by atoms with Gasteiger partial charge in [-0.25, -0.2) is 13.1 Å². The minimum absolute atomic E-state index is 0.0854. The molecule has 0 saturated heterocycles. The Labute approximate surface area is 145 Å². The smallest absolute Gasteiger partial charge is 0.310 e. The SMILES string of the molecule is COc1cc(S(=O)(=O)NCc2ccc3c(c2)CNC3)ccc1[N+](=O)[O-]. The highest BCUT2D eigenvalue weighted by Gasteiger charge is 2.21. The summed E-state index contributed by atoms with van der Waals surface area (Å²) in [5.41, 5.74) is 2.94. The molecule has 8 nitrogen and oxygen atoms in total. The van der Waals surface area contributed by atoms with Crippen LogP contribution >= 0.6 is 0 Å².